The van der Waals surface area contributed by atoms with Crippen LogP contribution in [0.25, 0.3) is 0 Å². The van der Waals surface area contributed by atoms with Gasteiger partial charge in [0.05, 0.1) is 5.69 Å². The molecule has 0 amide bonds. The van der Waals surface area contributed by atoms with E-state index in [0.717, 1.165) is 43.7 Å². The average molecular weight is 353 g/mol. The lowest BCUT2D eigenvalue weighted by Gasteiger charge is -2.23. The second-order valence-electron chi connectivity index (χ2n) is 6.27. The van der Waals surface area contributed by atoms with Crippen LogP contribution in [0.3, 0.4) is 0 Å². The maximum absolute atomic E-state index is 12.2. The Morgan fingerprint density at radius 1 is 1.20 bits per heavy atom. The van der Waals surface area contributed by atoms with Gasteiger partial charge in [0.15, 0.2) is 0 Å². The van der Waals surface area contributed by atoms with Crippen LogP contribution in [0.15, 0.2) is 30.3 Å². The van der Waals surface area contributed by atoms with Crippen molar-refractivity contribution in [2.24, 2.45) is 0 Å². The van der Waals surface area contributed by atoms with Crippen molar-refractivity contribution in [3.63, 3.8) is 0 Å². The van der Waals surface area contributed by atoms with E-state index in [9.17, 15) is 13.2 Å². The van der Waals surface area contributed by atoms with E-state index in [0.29, 0.717) is 12.3 Å². The third-order valence-electron chi connectivity index (χ3n) is 4.46. The lowest BCUT2D eigenvalue weighted by atomic mass is 9.94. The molecule has 0 atom stereocenters. The minimum Gasteiger partial charge on any atom is -0.406 e. The van der Waals surface area contributed by atoms with Crippen LogP contribution in [0.4, 0.5) is 13.2 Å². The van der Waals surface area contributed by atoms with Gasteiger partial charge >= 0.3 is 6.36 Å². The highest BCUT2D eigenvalue weighted by Crippen LogP contribution is 2.27. The topological polar surface area (TPSA) is 39.1 Å². The third kappa shape index (κ3) is 4.75. The standard InChI is InChI=1S/C18H22F3N3O/c1-2-24-17(14-7-9-22-10-8-14)12-15(23-24)11-13-3-5-16(6-4-13)25-18(19,20)21/h3-6,12,14,22H,2,7-11H2,1H3. The summed E-state index contributed by atoms with van der Waals surface area (Å²) < 4.78 is 42.6. The van der Waals surface area contributed by atoms with Gasteiger partial charge in [-0.25, -0.2) is 0 Å². The van der Waals surface area contributed by atoms with Crippen molar-refractivity contribution in [3.8, 4) is 5.75 Å². The first-order valence-electron chi connectivity index (χ1n) is 8.56. The van der Waals surface area contributed by atoms with E-state index >= 15 is 0 Å². The molecule has 0 aliphatic carbocycles. The van der Waals surface area contributed by atoms with Crippen molar-refractivity contribution in [1.82, 2.24) is 15.1 Å². The summed E-state index contributed by atoms with van der Waals surface area (Å²) in [5.74, 6) is 0.316. The first-order valence-corrected chi connectivity index (χ1v) is 8.56. The highest BCUT2D eigenvalue weighted by molar-refractivity contribution is 5.30. The molecule has 0 saturated carbocycles. The predicted octanol–water partition coefficient (Wildman–Crippen LogP) is 3.86. The number of benzene rings is 1. The number of alkyl halides is 3. The Morgan fingerprint density at radius 2 is 1.88 bits per heavy atom. The van der Waals surface area contributed by atoms with Gasteiger partial charge in [0.25, 0.3) is 0 Å². The van der Waals surface area contributed by atoms with Gasteiger partial charge < -0.3 is 10.1 Å². The van der Waals surface area contributed by atoms with Gasteiger partial charge in [-0.1, -0.05) is 12.1 Å². The Hall–Kier alpha value is -2.02. The fourth-order valence-corrected chi connectivity index (χ4v) is 3.29. The van der Waals surface area contributed by atoms with Crippen LogP contribution in [0.1, 0.15) is 42.6 Å². The van der Waals surface area contributed by atoms with E-state index in [1.54, 1.807) is 12.1 Å². The molecule has 1 aliphatic heterocycles. The van der Waals surface area contributed by atoms with Gasteiger partial charge in [0.1, 0.15) is 5.75 Å². The molecular formula is C18H22F3N3O. The highest BCUT2D eigenvalue weighted by Gasteiger charge is 2.31. The lowest BCUT2D eigenvalue weighted by Crippen LogP contribution is -2.27. The number of rotatable bonds is 5. The van der Waals surface area contributed by atoms with Gasteiger partial charge in [-0.05, 0) is 56.6 Å². The van der Waals surface area contributed by atoms with Crippen molar-refractivity contribution in [1.29, 1.82) is 0 Å². The molecule has 0 radical (unpaired) electrons. The first kappa shape index (κ1) is 17.8. The monoisotopic (exact) mass is 353 g/mol. The summed E-state index contributed by atoms with van der Waals surface area (Å²) in [7, 11) is 0. The van der Waals surface area contributed by atoms with Crippen molar-refractivity contribution < 1.29 is 17.9 Å². The lowest BCUT2D eigenvalue weighted by molar-refractivity contribution is -0.274. The molecule has 0 unspecified atom stereocenters. The quantitative estimate of drug-likeness (QED) is 0.887. The summed E-state index contributed by atoms with van der Waals surface area (Å²) in [6, 6.07) is 8.12. The summed E-state index contributed by atoms with van der Waals surface area (Å²) in [5, 5.41) is 8.03. The van der Waals surface area contributed by atoms with Crippen LogP contribution in [-0.4, -0.2) is 29.2 Å². The Kier molecular flexibility index (Phi) is 5.32. The molecule has 1 aliphatic rings. The van der Waals surface area contributed by atoms with Crippen LogP contribution in [0.2, 0.25) is 0 Å². The van der Waals surface area contributed by atoms with Gasteiger partial charge in [0.2, 0.25) is 0 Å². The van der Waals surface area contributed by atoms with E-state index in [4.69, 9.17) is 0 Å². The largest absolute Gasteiger partial charge is 0.573 e. The van der Waals surface area contributed by atoms with Gasteiger partial charge in [-0.15, -0.1) is 13.2 Å². The van der Waals surface area contributed by atoms with Crippen molar-refractivity contribution >= 4 is 0 Å². The molecule has 0 bridgehead atoms. The molecule has 2 aromatic rings. The number of piperidine rings is 1. The van der Waals surface area contributed by atoms with E-state index in [2.05, 4.69) is 28.1 Å². The Labute approximate surface area is 145 Å². The molecule has 25 heavy (non-hydrogen) atoms. The maximum Gasteiger partial charge on any atom is 0.573 e. The Balaban J connectivity index is 1.71. The van der Waals surface area contributed by atoms with Gasteiger partial charge in [-0.3, -0.25) is 4.68 Å². The van der Waals surface area contributed by atoms with E-state index in [1.165, 1.54) is 17.8 Å². The number of nitrogens with zero attached hydrogens (tertiary/aromatic N) is 2. The van der Waals surface area contributed by atoms with E-state index < -0.39 is 6.36 Å². The van der Waals surface area contributed by atoms with Crippen LogP contribution in [-0.2, 0) is 13.0 Å². The number of halogens is 3. The fraction of sp³-hybridized carbons (Fsp3) is 0.500. The van der Waals surface area contributed by atoms with E-state index in [-0.39, 0.29) is 5.75 Å². The average Bonchev–Trinajstić information content (AvgIpc) is 2.99. The molecule has 2 heterocycles. The Bertz CT molecular complexity index is 689. The summed E-state index contributed by atoms with van der Waals surface area (Å²) in [6.07, 6.45) is -1.86. The molecular weight excluding hydrogens is 331 g/mol. The molecule has 7 heteroatoms. The van der Waals surface area contributed by atoms with Crippen LogP contribution >= 0.6 is 0 Å². The smallest absolute Gasteiger partial charge is 0.406 e. The molecule has 1 N–H and O–H groups in total. The Morgan fingerprint density at radius 3 is 2.48 bits per heavy atom. The predicted molar refractivity (Wildman–Crippen MR) is 88.7 cm³/mol. The van der Waals surface area contributed by atoms with Gasteiger partial charge in [-0.2, -0.15) is 5.10 Å². The first-order chi connectivity index (χ1) is 11.9. The highest BCUT2D eigenvalue weighted by atomic mass is 19.4. The van der Waals surface area contributed by atoms with Crippen LogP contribution < -0.4 is 10.1 Å². The SMILES string of the molecule is CCn1nc(Cc2ccc(OC(F)(F)F)cc2)cc1C1CCNCC1. The van der Waals surface area contributed by atoms with E-state index in [1.807, 2.05) is 4.68 Å². The minimum atomic E-state index is -4.66. The number of ether oxygens (including phenoxy) is 1. The zero-order valence-electron chi connectivity index (χ0n) is 14.1. The zero-order chi connectivity index (χ0) is 17.9. The third-order valence-corrected chi connectivity index (χ3v) is 4.46. The summed E-state index contributed by atoms with van der Waals surface area (Å²) in [5.41, 5.74) is 3.11. The van der Waals surface area contributed by atoms with Gasteiger partial charge in [0, 0.05) is 24.6 Å². The summed E-state index contributed by atoms with van der Waals surface area (Å²) >= 11 is 0. The number of nitrogens with one attached hydrogen (secondary N) is 1. The molecule has 1 aromatic carbocycles. The van der Waals surface area contributed by atoms with Crippen LogP contribution in [0.5, 0.6) is 5.75 Å². The molecule has 4 nitrogen and oxygen atoms in total. The molecule has 1 fully saturated rings. The summed E-state index contributed by atoms with van der Waals surface area (Å²) in [4.78, 5) is 0. The molecule has 3 rings (SSSR count). The minimum absolute atomic E-state index is 0.203. The van der Waals surface area contributed by atoms with Crippen LogP contribution in [0, 0.1) is 0 Å². The molecule has 1 saturated heterocycles. The zero-order valence-corrected chi connectivity index (χ0v) is 14.1. The second kappa shape index (κ2) is 7.47. The number of hydrogen-bond donors (Lipinski definition) is 1. The van der Waals surface area contributed by atoms with Crippen molar-refractivity contribution in [2.45, 2.75) is 45.0 Å². The molecule has 136 valence electrons. The number of hydrogen-bond acceptors (Lipinski definition) is 3. The van der Waals surface area contributed by atoms with Crippen molar-refractivity contribution in [3.05, 3.63) is 47.3 Å². The molecule has 1 aromatic heterocycles. The second-order valence-corrected chi connectivity index (χ2v) is 6.27. The number of aromatic nitrogens is 2. The normalized spacial score (nSPS) is 16.2. The fourth-order valence-electron chi connectivity index (χ4n) is 3.29. The number of aryl methyl sites for hydroxylation is 1. The summed E-state index contributed by atoms with van der Waals surface area (Å²) in [6.45, 7) is 4.94. The molecule has 0 spiro atoms. The van der Waals surface area contributed by atoms with Crippen molar-refractivity contribution in [2.75, 3.05) is 13.1 Å². The maximum atomic E-state index is 12.2.